The highest BCUT2D eigenvalue weighted by atomic mass is 79.9. The number of nitro groups is 2. The summed E-state index contributed by atoms with van der Waals surface area (Å²) in [5.41, 5.74) is 2.19. The molecule has 0 fully saturated rings. The minimum absolute atomic E-state index is 0.0108. The van der Waals surface area contributed by atoms with Gasteiger partial charge >= 0.3 is 0 Å². The first-order valence-corrected chi connectivity index (χ1v) is 12.4. The summed E-state index contributed by atoms with van der Waals surface area (Å²) < 4.78 is 8.63. The number of nitrogens with zero attached hydrogens (tertiary/aromatic N) is 5. The van der Waals surface area contributed by atoms with Crippen molar-refractivity contribution >= 4 is 33.4 Å². The van der Waals surface area contributed by atoms with Gasteiger partial charge in [-0.15, -0.1) is 10.2 Å². The molecule has 0 N–H and O–H groups in total. The highest BCUT2D eigenvalue weighted by Gasteiger charge is 2.27. The van der Waals surface area contributed by atoms with Gasteiger partial charge in [-0.3, -0.25) is 24.8 Å². The zero-order valence-electron chi connectivity index (χ0n) is 19.0. The zero-order chi connectivity index (χ0) is 25.7. The Morgan fingerprint density at radius 2 is 1.75 bits per heavy atom. The first kappa shape index (κ1) is 25.3. The van der Waals surface area contributed by atoms with Crippen molar-refractivity contribution in [3.05, 3.63) is 114 Å². The molecule has 0 bridgehead atoms. The molecule has 0 saturated carbocycles. The van der Waals surface area contributed by atoms with Crippen LogP contribution in [0.15, 0.2) is 82.4 Å². The highest BCUT2D eigenvalue weighted by molar-refractivity contribution is 9.10. The van der Waals surface area contributed by atoms with Crippen molar-refractivity contribution in [1.29, 1.82) is 0 Å². The van der Waals surface area contributed by atoms with Gasteiger partial charge in [0.1, 0.15) is 23.4 Å². The Morgan fingerprint density at radius 3 is 2.42 bits per heavy atom. The lowest BCUT2D eigenvalue weighted by molar-refractivity contribution is -0.479. The molecule has 10 nitrogen and oxygen atoms in total. The summed E-state index contributed by atoms with van der Waals surface area (Å²) in [7, 11) is 0. The van der Waals surface area contributed by atoms with E-state index in [1.54, 1.807) is 30.3 Å². The van der Waals surface area contributed by atoms with Crippen molar-refractivity contribution < 1.29 is 14.6 Å². The van der Waals surface area contributed by atoms with E-state index in [1.807, 2.05) is 41.8 Å². The van der Waals surface area contributed by atoms with Gasteiger partial charge in [0.25, 0.3) is 5.69 Å². The van der Waals surface area contributed by atoms with Gasteiger partial charge in [0.05, 0.1) is 4.92 Å². The van der Waals surface area contributed by atoms with E-state index in [9.17, 15) is 20.2 Å². The molecular weight excluding hydrogens is 550 g/mol. The predicted molar refractivity (Wildman–Crippen MR) is 138 cm³/mol. The molecule has 0 aliphatic carbocycles. The standard InChI is InChI=1S/C24H20BrN5O5S/c1-16-26-27-24(29(16)19-5-3-2-4-6-19)36-23(14-28(31)32)21-13-18(25)9-12-22(21)35-15-17-7-10-20(11-8-17)30(33)34/h2-13,23H,14-15H2,1H3/t23-/m0/s1. The Bertz CT molecular complexity index is 1380. The monoisotopic (exact) mass is 569 g/mol. The molecule has 36 heavy (non-hydrogen) atoms. The van der Waals surface area contributed by atoms with E-state index >= 15 is 0 Å². The van der Waals surface area contributed by atoms with Gasteiger partial charge < -0.3 is 4.74 Å². The number of para-hydroxylation sites is 1. The third kappa shape index (κ3) is 6.07. The van der Waals surface area contributed by atoms with Gasteiger partial charge in [-0.25, -0.2) is 0 Å². The van der Waals surface area contributed by atoms with E-state index in [1.165, 1.54) is 23.9 Å². The number of non-ortho nitro benzene ring substituents is 1. The van der Waals surface area contributed by atoms with Gasteiger partial charge in [0, 0.05) is 32.8 Å². The average Bonchev–Trinajstić information content (AvgIpc) is 3.23. The summed E-state index contributed by atoms with van der Waals surface area (Å²) in [6, 6.07) is 20.9. The Hall–Kier alpha value is -3.77. The van der Waals surface area contributed by atoms with E-state index in [2.05, 4.69) is 26.1 Å². The summed E-state index contributed by atoms with van der Waals surface area (Å²) in [6.45, 7) is 1.60. The zero-order valence-corrected chi connectivity index (χ0v) is 21.4. The van der Waals surface area contributed by atoms with E-state index in [-0.39, 0.29) is 23.8 Å². The number of rotatable bonds is 10. The molecule has 0 aliphatic heterocycles. The second-order valence-corrected chi connectivity index (χ2v) is 9.80. The van der Waals surface area contributed by atoms with Gasteiger partial charge in [-0.1, -0.05) is 45.9 Å². The number of nitro benzene ring substituents is 1. The van der Waals surface area contributed by atoms with Crippen LogP contribution in [-0.2, 0) is 6.61 Å². The first-order valence-electron chi connectivity index (χ1n) is 10.7. The molecule has 0 spiro atoms. The lowest BCUT2D eigenvalue weighted by atomic mass is 10.1. The predicted octanol–water partition coefficient (Wildman–Crippen LogP) is 5.94. The number of thioether (sulfide) groups is 1. The van der Waals surface area contributed by atoms with E-state index < -0.39 is 10.2 Å². The molecule has 0 aliphatic rings. The smallest absolute Gasteiger partial charge is 0.269 e. The maximum Gasteiger partial charge on any atom is 0.269 e. The summed E-state index contributed by atoms with van der Waals surface area (Å²) in [5, 5.41) is 30.9. The topological polar surface area (TPSA) is 126 Å². The van der Waals surface area contributed by atoms with Crippen LogP contribution in [0.25, 0.3) is 5.69 Å². The molecule has 0 unspecified atom stereocenters. The minimum Gasteiger partial charge on any atom is -0.489 e. The number of halogens is 1. The van der Waals surface area contributed by atoms with Gasteiger partial charge in [-0.05, 0) is 55.0 Å². The normalized spacial score (nSPS) is 11.7. The molecule has 12 heteroatoms. The third-order valence-electron chi connectivity index (χ3n) is 5.23. The molecule has 4 rings (SSSR count). The lowest BCUT2D eigenvalue weighted by Gasteiger charge is -2.18. The molecule has 0 radical (unpaired) electrons. The van der Waals surface area contributed by atoms with Crippen LogP contribution >= 0.6 is 27.7 Å². The fourth-order valence-electron chi connectivity index (χ4n) is 3.53. The average molecular weight is 570 g/mol. The maximum atomic E-state index is 11.6. The van der Waals surface area contributed by atoms with Crippen LogP contribution < -0.4 is 4.74 Å². The summed E-state index contributed by atoms with van der Waals surface area (Å²) >= 11 is 4.69. The second-order valence-electron chi connectivity index (χ2n) is 7.72. The van der Waals surface area contributed by atoms with Gasteiger partial charge in [-0.2, -0.15) is 0 Å². The second kappa shape index (κ2) is 11.3. The number of hydrogen-bond acceptors (Lipinski definition) is 8. The third-order valence-corrected chi connectivity index (χ3v) is 6.89. The Morgan fingerprint density at radius 1 is 1.03 bits per heavy atom. The van der Waals surface area contributed by atoms with Crippen LogP contribution in [0.4, 0.5) is 5.69 Å². The molecular formula is C24H20BrN5O5S. The van der Waals surface area contributed by atoms with Crippen LogP contribution in [0.5, 0.6) is 5.75 Å². The number of benzene rings is 3. The molecule has 1 atom stereocenters. The van der Waals surface area contributed by atoms with E-state index in [0.717, 1.165) is 15.7 Å². The quantitative estimate of drug-likeness (QED) is 0.130. The van der Waals surface area contributed by atoms with Crippen molar-refractivity contribution in [3.63, 3.8) is 0 Å². The largest absolute Gasteiger partial charge is 0.489 e. The van der Waals surface area contributed by atoms with Crippen molar-refractivity contribution in [2.24, 2.45) is 0 Å². The molecule has 1 aromatic heterocycles. The van der Waals surface area contributed by atoms with Crippen molar-refractivity contribution in [3.8, 4) is 11.4 Å². The molecule has 3 aromatic carbocycles. The SMILES string of the molecule is Cc1nnc(S[C@@H](C[N+](=O)[O-])c2cc(Br)ccc2OCc2ccc([N+](=O)[O-])cc2)n1-c1ccccc1. The minimum atomic E-state index is -0.629. The van der Waals surface area contributed by atoms with Crippen molar-refractivity contribution in [1.82, 2.24) is 14.8 Å². The van der Waals surface area contributed by atoms with Crippen molar-refractivity contribution in [2.75, 3.05) is 6.54 Å². The fraction of sp³-hybridized carbons (Fsp3) is 0.167. The number of hydrogen-bond donors (Lipinski definition) is 0. The lowest BCUT2D eigenvalue weighted by Crippen LogP contribution is -2.12. The summed E-state index contributed by atoms with van der Waals surface area (Å²) in [4.78, 5) is 21.7. The maximum absolute atomic E-state index is 11.6. The van der Waals surface area contributed by atoms with Gasteiger partial charge in [0.15, 0.2) is 5.16 Å². The van der Waals surface area contributed by atoms with Crippen LogP contribution in [-0.4, -0.2) is 31.2 Å². The highest BCUT2D eigenvalue weighted by Crippen LogP contribution is 2.41. The van der Waals surface area contributed by atoms with Gasteiger partial charge in [0.2, 0.25) is 6.54 Å². The number of aromatic nitrogens is 3. The molecule has 4 aromatic rings. The Labute approximate surface area is 218 Å². The molecule has 0 saturated heterocycles. The first-order chi connectivity index (χ1) is 17.3. The summed E-state index contributed by atoms with van der Waals surface area (Å²) in [6.07, 6.45) is 0. The number of aryl methyl sites for hydroxylation is 1. The van der Waals surface area contributed by atoms with E-state index in [0.29, 0.717) is 22.3 Å². The van der Waals surface area contributed by atoms with Crippen LogP contribution in [0.3, 0.4) is 0 Å². The summed E-state index contributed by atoms with van der Waals surface area (Å²) in [5.74, 6) is 1.13. The molecule has 0 amide bonds. The van der Waals surface area contributed by atoms with Crippen LogP contribution in [0.1, 0.15) is 22.2 Å². The molecule has 1 heterocycles. The van der Waals surface area contributed by atoms with Crippen LogP contribution in [0, 0.1) is 27.2 Å². The fourth-order valence-corrected chi connectivity index (χ4v) is 5.10. The Balaban J connectivity index is 1.64. The van der Waals surface area contributed by atoms with Crippen molar-refractivity contribution in [2.45, 2.75) is 23.9 Å². The Kier molecular flexibility index (Phi) is 7.96. The number of ether oxygens (including phenoxy) is 1. The molecule has 184 valence electrons. The van der Waals surface area contributed by atoms with Crippen LogP contribution in [0.2, 0.25) is 0 Å². The van der Waals surface area contributed by atoms with E-state index in [4.69, 9.17) is 4.74 Å².